The van der Waals surface area contributed by atoms with Gasteiger partial charge in [-0.05, 0) is 37.5 Å². The van der Waals surface area contributed by atoms with Gasteiger partial charge in [-0.25, -0.2) is 4.39 Å². The van der Waals surface area contributed by atoms with Crippen LogP contribution in [0.3, 0.4) is 0 Å². The van der Waals surface area contributed by atoms with Crippen LogP contribution in [0.4, 0.5) is 4.39 Å². The quantitative estimate of drug-likeness (QED) is 0.840. The number of hydrogen-bond acceptors (Lipinski definition) is 2. The van der Waals surface area contributed by atoms with Crippen LogP contribution in [0.25, 0.3) is 0 Å². The molecule has 2 atom stereocenters. The Morgan fingerprint density at radius 2 is 1.76 bits per heavy atom. The van der Waals surface area contributed by atoms with Crippen molar-refractivity contribution in [3.05, 3.63) is 35.6 Å². The first-order valence-electron chi connectivity index (χ1n) is 7.11. The number of nitrogens with zero attached hydrogens (tertiary/aromatic N) is 1. The van der Waals surface area contributed by atoms with Crippen LogP contribution in [-0.4, -0.2) is 28.4 Å². The highest BCUT2D eigenvalue weighted by Crippen LogP contribution is 2.22. The second kappa shape index (κ2) is 7.76. The van der Waals surface area contributed by atoms with Crippen molar-refractivity contribution in [2.24, 2.45) is 5.92 Å². The molecule has 0 saturated heterocycles. The third kappa shape index (κ3) is 5.17. The van der Waals surface area contributed by atoms with Crippen molar-refractivity contribution in [1.29, 1.82) is 0 Å². The minimum absolute atomic E-state index is 0.0196. The molecule has 0 bridgehead atoms. The van der Waals surface area contributed by atoms with E-state index in [1.807, 2.05) is 13.8 Å². The zero-order valence-electron chi connectivity index (χ0n) is 12.7. The smallest absolute Gasteiger partial charge is 0.303 e. The summed E-state index contributed by atoms with van der Waals surface area (Å²) < 4.78 is 12.9. The summed E-state index contributed by atoms with van der Waals surface area (Å²) in [6.45, 7) is 6.04. The summed E-state index contributed by atoms with van der Waals surface area (Å²) in [6, 6.07) is 5.90. The molecule has 116 valence electrons. The monoisotopic (exact) mass is 295 g/mol. The van der Waals surface area contributed by atoms with Gasteiger partial charge in [0.25, 0.3) is 0 Å². The highest BCUT2D eigenvalue weighted by atomic mass is 19.1. The summed E-state index contributed by atoms with van der Waals surface area (Å²) in [5, 5.41) is 8.75. The van der Waals surface area contributed by atoms with Crippen LogP contribution >= 0.6 is 0 Å². The number of carbonyl (C=O) groups is 2. The molecule has 2 unspecified atom stereocenters. The summed E-state index contributed by atoms with van der Waals surface area (Å²) in [7, 11) is 0. The summed E-state index contributed by atoms with van der Waals surface area (Å²) in [4.78, 5) is 24.7. The molecule has 1 N–H and O–H groups in total. The standard InChI is InChI=1S/C16H22FNO3/c1-4-18(15(19)9-11(2)10-16(20)21)12(3)13-5-7-14(17)8-6-13/h5-8,11-12H,4,9-10H2,1-3H3,(H,20,21). The summed E-state index contributed by atoms with van der Waals surface area (Å²) in [6.07, 6.45) is 0.180. The van der Waals surface area contributed by atoms with Gasteiger partial charge in [-0.2, -0.15) is 0 Å². The fourth-order valence-electron chi connectivity index (χ4n) is 2.37. The molecule has 0 spiro atoms. The van der Waals surface area contributed by atoms with E-state index in [1.54, 1.807) is 24.0 Å². The zero-order valence-corrected chi connectivity index (χ0v) is 12.7. The number of carboxylic acids is 1. The number of rotatable bonds is 7. The molecule has 0 fully saturated rings. The Morgan fingerprint density at radius 1 is 1.19 bits per heavy atom. The number of carbonyl (C=O) groups excluding carboxylic acids is 1. The van der Waals surface area contributed by atoms with Crippen molar-refractivity contribution in [1.82, 2.24) is 4.90 Å². The number of hydrogen-bond donors (Lipinski definition) is 1. The van der Waals surface area contributed by atoms with Crippen LogP contribution in [0.2, 0.25) is 0 Å². The van der Waals surface area contributed by atoms with Gasteiger partial charge in [0, 0.05) is 19.4 Å². The van der Waals surface area contributed by atoms with E-state index in [0.717, 1.165) is 5.56 Å². The van der Waals surface area contributed by atoms with E-state index in [9.17, 15) is 14.0 Å². The minimum atomic E-state index is -0.898. The van der Waals surface area contributed by atoms with Gasteiger partial charge in [-0.1, -0.05) is 19.1 Å². The van der Waals surface area contributed by atoms with Crippen LogP contribution in [0.1, 0.15) is 45.2 Å². The molecule has 1 aromatic rings. The van der Waals surface area contributed by atoms with E-state index in [4.69, 9.17) is 5.11 Å². The molecule has 1 amide bonds. The van der Waals surface area contributed by atoms with Crippen molar-refractivity contribution in [3.63, 3.8) is 0 Å². The van der Waals surface area contributed by atoms with E-state index >= 15 is 0 Å². The Kier molecular flexibility index (Phi) is 6.34. The first-order chi connectivity index (χ1) is 9.85. The molecule has 0 saturated carbocycles. The van der Waals surface area contributed by atoms with E-state index in [2.05, 4.69) is 0 Å². The Bertz CT molecular complexity index is 487. The molecule has 5 heteroatoms. The van der Waals surface area contributed by atoms with Gasteiger partial charge in [0.15, 0.2) is 0 Å². The lowest BCUT2D eigenvalue weighted by atomic mass is 10.0. The number of carboxylic acid groups (broad SMARTS) is 1. The van der Waals surface area contributed by atoms with Crippen LogP contribution in [0.5, 0.6) is 0 Å². The SMILES string of the molecule is CCN(C(=O)CC(C)CC(=O)O)C(C)c1ccc(F)cc1. The molecule has 0 heterocycles. The average molecular weight is 295 g/mol. The highest BCUT2D eigenvalue weighted by Gasteiger charge is 2.22. The Balaban J connectivity index is 2.74. The number of aliphatic carboxylic acids is 1. The topological polar surface area (TPSA) is 57.6 Å². The first kappa shape index (κ1) is 17.1. The molecule has 4 nitrogen and oxygen atoms in total. The summed E-state index contributed by atoms with van der Waals surface area (Å²) in [5.74, 6) is -1.49. The summed E-state index contributed by atoms with van der Waals surface area (Å²) >= 11 is 0. The van der Waals surface area contributed by atoms with Gasteiger partial charge in [-0.3, -0.25) is 9.59 Å². The van der Waals surface area contributed by atoms with E-state index in [0.29, 0.717) is 6.54 Å². The molecule has 0 radical (unpaired) electrons. The van der Waals surface area contributed by atoms with Crippen LogP contribution in [0.15, 0.2) is 24.3 Å². The van der Waals surface area contributed by atoms with Gasteiger partial charge in [0.05, 0.1) is 6.04 Å². The van der Waals surface area contributed by atoms with Crippen LogP contribution < -0.4 is 0 Å². The molecule has 0 aromatic heterocycles. The third-order valence-electron chi connectivity index (χ3n) is 3.53. The van der Waals surface area contributed by atoms with Crippen molar-refractivity contribution < 1.29 is 19.1 Å². The lowest BCUT2D eigenvalue weighted by molar-refractivity contribution is -0.139. The fraction of sp³-hybridized carbons (Fsp3) is 0.500. The van der Waals surface area contributed by atoms with Gasteiger partial charge in [0.1, 0.15) is 5.82 Å². The normalized spacial score (nSPS) is 13.5. The van der Waals surface area contributed by atoms with Gasteiger partial charge >= 0.3 is 5.97 Å². The lowest BCUT2D eigenvalue weighted by Gasteiger charge is -2.29. The second-order valence-corrected chi connectivity index (χ2v) is 5.31. The molecule has 0 aliphatic carbocycles. The maximum atomic E-state index is 12.9. The minimum Gasteiger partial charge on any atom is -0.481 e. The predicted octanol–water partition coefficient (Wildman–Crippen LogP) is 3.24. The van der Waals surface area contributed by atoms with Gasteiger partial charge in [0.2, 0.25) is 5.91 Å². The van der Waals surface area contributed by atoms with E-state index < -0.39 is 5.97 Å². The van der Waals surface area contributed by atoms with Crippen molar-refractivity contribution in [2.45, 2.75) is 39.7 Å². The fourth-order valence-corrected chi connectivity index (χ4v) is 2.37. The Hall–Kier alpha value is -1.91. The van der Waals surface area contributed by atoms with E-state index in [-0.39, 0.29) is 36.5 Å². The number of benzene rings is 1. The first-order valence-corrected chi connectivity index (χ1v) is 7.11. The van der Waals surface area contributed by atoms with Crippen molar-refractivity contribution in [3.8, 4) is 0 Å². The van der Waals surface area contributed by atoms with Crippen LogP contribution in [-0.2, 0) is 9.59 Å². The number of amides is 1. The zero-order chi connectivity index (χ0) is 16.0. The predicted molar refractivity (Wildman–Crippen MR) is 78.2 cm³/mol. The maximum Gasteiger partial charge on any atom is 0.303 e. The highest BCUT2D eigenvalue weighted by molar-refractivity contribution is 5.77. The molecule has 1 rings (SSSR count). The third-order valence-corrected chi connectivity index (χ3v) is 3.53. The molecule has 1 aromatic carbocycles. The van der Waals surface area contributed by atoms with Crippen LogP contribution in [0, 0.1) is 11.7 Å². The van der Waals surface area contributed by atoms with Gasteiger partial charge < -0.3 is 10.0 Å². The van der Waals surface area contributed by atoms with Gasteiger partial charge in [-0.15, -0.1) is 0 Å². The lowest BCUT2D eigenvalue weighted by Crippen LogP contribution is -2.34. The second-order valence-electron chi connectivity index (χ2n) is 5.31. The molecule has 21 heavy (non-hydrogen) atoms. The largest absolute Gasteiger partial charge is 0.481 e. The maximum absolute atomic E-state index is 12.9. The number of halogens is 1. The van der Waals surface area contributed by atoms with E-state index in [1.165, 1.54) is 12.1 Å². The Morgan fingerprint density at radius 3 is 2.24 bits per heavy atom. The summed E-state index contributed by atoms with van der Waals surface area (Å²) in [5.41, 5.74) is 0.859. The molecular formula is C16H22FNO3. The average Bonchev–Trinajstić information content (AvgIpc) is 2.38. The van der Waals surface area contributed by atoms with Crippen molar-refractivity contribution in [2.75, 3.05) is 6.54 Å². The van der Waals surface area contributed by atoms with Crippen molar-refractivity contribution >= 4 is 11.9 Å². The molecule has 0 aliphatic rings. The Labute approximate surface area is 124 Å². The molecule has 0 aliphatic heterocycles. The molecular weight excluding hydrogens is 273 g/mol.